The number of rotatable bonds is 6. The summed E-state index contributed by atoms with van der Waals surface area (Å²) in [6.45, 7) is 0. The Morgan fingerprint density at radius 1 is 0.289 bits per heavy atom. The molecule has 0 fully saturated rings. The minimum absolute atomic E-state index is 1.12. The van der Waals surface area contributed by atoms with Crippen LogP contribution in [0.15, 0.2) is 188 Å². The van der Waals surface area contributed by atoms with Crippen LogP contribution in [0, 0.1) is 0 Å². The summed E-state index contributed by atoms with van der Waals surface area (Å²) in [5.74, 6) is 0. The fourth-order valence-electron chi connectivity index (χ4n) is 6.47. The summed E-state index contributed by atoms with van der Waals surface area (Å²) in [5, 5.41) is 4.95. The zero-order valence-corrected chi connectivity index (χ0v) is 24.8. The maximum atomic E-state index is 2.41. The van der Waals surface area contributed by atoms with E-state index in [0.29, 0.717) is 0 Å². The second-order valence-corrected chi connectivity index (χ2v) is 11.4. The predicted molar refractivity (Wildman–Crippen MR) is 192 cm³/mol. The Hall–Kier alpha value is -5.92. The van der Waals surface area contributed by atoms with Crippen LogP contribution >= 0.6 is 0 Å². The van der Waals surface area contributed by atoms with Crippen LogP contribution in [-0.4, -0.2) is 0 Å². The average molecular weight is 574 g/mol. The number of fused-ring (bicyclic) bond motifs is 2. The molecule has 45 heavy (non-hydrogen) atoms. The van der Waals surface area contributed by atoms with Crippen LogP contribution in [-0.2, 0) is 0 Å². The Bertz CT molecular complexity index is 2250. The lowest BCUT2D eigenvalue weighted by molar-refractivity contribution is 1.30. The molecule has 0 aliphatic heterocycles. The Labute approximate surface area is 264 Å². The van der Waals surface area contributed by atoms with Gasteiger partial charge in [0.2, 0.25) is 0 Å². The third-order valence-corrected chi connectivity index (χ3v) is 8.66. The number of nitrogens with zero attached hydrogens (tertiary/aromatic N) is 1. The minimum atomic E-state index is 1.12. The lowest BCUT2D eigenvalue weighted by atomic mass is 9.94. The summed E-state index contributed by atoms with van der Waals surface area (Å²) < 4.78 is 0. The lowest BCUT2D eigenvalue weighted by Gasteiger charge is -2.29. The number of hydrogen-bond donors (Lipinski definition) is 0. The van der Waals surface area contributed by atoms with Gasteiger partial charge in [0.05, 0.1) is 11.4 Å². The molecule has 0 atom stereocenters. The number of para-hydroxylation sites is 1. The molecule has 0 amide bonds. The first-order chi connectivity index (χ1) is 22.3. The smallest absolute Gasteiger partial charge is 0.0540 e. The molecular weight excluding hydrogens is 542 g/mol. The van der Waals surface area contributed by atoms with Crippen molar-refractivity contribution < 1.29 is 0 Å². The van der Waals surface area contributed by atoms with E-state index in [2.05, 4.69) is 193 Å². The monoisotopic (exact) mass is 573 g/mol. The van der Waals surface area contributed by atoms with Gasteiger partial charge in [-0.3, -0.25) is 0 Å². The summed E-state index contributed by atoms with van der Waals surface area (Å²) in [7, 11) is 0. The molecule has 212 valence electrons. The zero-order valence-electron chi connectivity index (χ0n) is 24.8. The maximum absolute atomic E-state index is 2.41. The van der Waals surface area contributed by atoms with E-state index < -0.39 is 0 Å². The van der Waals surface area contributed by atoms with Crippen molar-refractivity contribution in [2.75, 3.05) is 4.90 Å². The van der Waals surface area contributed by atoms with Gasteiger partial charge in [-0.25, -0.2) is 0 Å². The van der Waals surface area contributed by atoms with Gasteiger partial charge in [-0.05, 0) is 74.3 Å². The first-order valence-corrected chi connectivity index (χ1v) is 15.4. The molecule has 0 aromatic heterocycles. The Kier molecular flexibility index (Phi) is 6.90. The molecule has 8 aromatic carbocycles. The van der Waals surface area contributed by atoms with Gasteiger partial charge in [0.25, 0.3) is 0 Å². The molecule has 0 spiro atoms. The van der Waals surface area contributed by atoms with Gasteiger partial charge in [-0.15, -0.1) is 0 Å². The van der Waals surface area contributed by atoms with E-state index in [1.54, 1.807) is 0 Å². The summed E-state index contributed by atoms with van der Waals surface area (Å²) in [5.41, 5.74) is 10.7. The van der Waals surface area contributed by atoms with Crippen LogP contribution in [0.1, 0.15) is 0 Å². The van der Waals surface area contributed by atoms with Crippen LogP contribution in [0.3, 0.4) is 0 Å². The molecule has 1 nitrogen and oxygen atoms in total. The van der Waals surface area contributed by atoms with E-state index in [0.717, 1.165) is 17.1 Å². The molecule has 0 aliphatic carbocycles. The molecule has 0 radical (unpaired) electrons. The maximum Gasteiger partial charge on any atom is 0.0540 e. The molecular formula is C44H31N. The fraction of sp³-hybridized carbons (Fsp3) is 0. The highest BCUT2D eigenvalue weighted by atomic mass is 15.1. The molecule has 1 heteroatoms. The molecule has 0 bridgehead atoms. The van der Waals surface area contributed by atoms with Crippen molar-refractivity contribution >= 4 is 38.6 Å². The normalized spacial score (nSPS) is 11.1. The van der Waals surface area contributed by atoms with E-state index in [4.69, 9.17) is 0 Å². The Morgan fingerprint density at radius 3 is 1.60 bits per heavy atom. The standard InChI is InChI=1S/C44H31N/c1-3-13-33(14-4-1)39-22-11-18-36-25-26-37(31-42(36)39)32-27-29-38(30-28-32)45(44-24-12-19-35-17-7-8-20-41(35)44)43-23-10-9-21-40(43)34-15-5-2-6-16-34/h1-31H. The Morgan fingerprint density at radius 2 is 0.822 bits per heavy atom. The van der Waals surface area contributed by atoms with Gasteiger partial charge < -0.3 is 4.90 Å². The highest BCUT2D eigenvalue weighted by Gasteiger charge is 2.19. The van der Waals surface area contributed by atoms with Gasteiger partial charge in [-0.1, -0.05) is 158 Å². The number of benzene rings is 8. The second-order valence-electron chi connectivity index (χ2n) is 11.4. The molecule has 8 rings (SSSR count). The van der Waals surface area contributed by atoms with Gasteiger partial charge in [0, 0.05) is 16.6 Å². The van der Waals surface area contributed by atoms with E-state index in [9.17, 15) is 0 Å². The average Bonchev–Trinajstić information content (AvgIpc) is 3.13. The van der Waals surface area contributed by atoms with E-state index in [1.807, 2.05) is 0 Å². The van der Waals surface area contributed by atoms with E-state index >= 15 is 0 Å². The summed E-state index contributed by atoms with van der Waals surface area (Å²) in [6.07, 6.45) is 0. The highest BCUT2D eigenvalue weighted by molar-refractivity contribution is 6.02. The molecule has 8 aromatic rings. The largest absolute Gasteiger partial charge is 0.309 e. The van der Waals surface area contributed by atoms with Crippen molar-refractivity contribution in [2.24, 2.45) is 0 Å². The molecule has 0 N–H and O–H groups in total. The van der Waals surface area contributed by atoms with Crippen LogP contribution < -0.4 is 4.90 Å². The highest BCUT2D eigenvalue weighted by Crippen LogP contribution is 2.43. The van der Waals surface area contributed by atoms with Crippen LogP contribution in [0.4, 0.5) is 17.1 Å². The number of anilines is 3. The third-order valence-electron chi connectivity index (χ3n) is 8.66. The lowest BCUT2D eigenvalue weighted by Crippen LogP contribution is -2.11. The Balaban J connectivity index is 1.27. The van der Waals surface area contributed by atoms with Crippen molar-refractivity contribution in [1.29, 1.82) is 0 Å². The van der Waals surface area contributed by atoms with E-state index in [1.165, 1.54) is 54.9 Å². The fourth-order valence-corrected chi connectivity index (χ4v) is 6.47. The van der Waals surface area contributed by atoms with Crippen molar-refractivity contribution in [3.05, 3.63) is 188 Å². The topological polar surface area (TPSA) is 3.24 Å². The zero-order chi connectivity index (χ0) is 30.0. The predicted octanol–water partition coefficient (Wildman–Crippen LogP) is 12.5. The quantitative estimate of drug-likeness (QED) is 0.191. The van der Waals surface area contributed by atoms with Gasteiger partial charge in [0.1, 0.15) is 0 Å². The summed E-state index contributed by atoms with van der Waals surface area (Å²) in [6, 6.07) is 67.6. The SMILES string of the molecule is c1ccc(-c2ccccc2N(c2ccc(-c3ccc4cccc(-c5ccccc5)c4c3)cc2)c2cccc3ccccc23)cc1. The molecule has 0 heterocycles. The van der Waals surface area contributed by atoms with Gasteiger partial charge >= 0.3 is 0 Å². The summed E-state index contributed by atoms with van der Waals surface area (Å²) >= 11 is 0. The van der Waals surface area contributed by atoms with Crippen molar-refractivity contribution in [3.63, 3.8) is 0 Å². The van der Waals surface area contributed by atoms with Crippen molar-refractivity contribution in [2.45, 2.75) is 0 Å². The van der Waals surface area contributed by atoms with Crippen LogP contribution in [0.25, 0.3) is 54.9 Å². The number of hydrogen-bond acceptors (Lipinski definition) is 1. The van der Waals surface area contributed by atoms with E-state index in [-0.39, 0.29) is 0 Å². The minimum Gasteiger partial charge on any atom is -0.309 e. The molecule has 0 saturated carbocycles. The van der Waals surface area contributed by atoms with Crippen molar-refractivity contribution in [3.8, 4) is 33.4 Å². The molecule has 0 aliphatic rings. The first-order valence-electron chi connectivity index (χ1n) is 15.4. The van der Waals surface area contributed by atoms with Crippen molar-refractivity contribution in [1.82, 2.24) is 0 Å². The second kappa shape index (κ2) is 11.6. The first kappa shape index (κ1) is 26.7. The van der Waals surface area contributed by atoms with Gasteiger partial charge in [0.15, 0.2) is 0 Å². The molecule has 0 saturated heterocycles. The third kappa shape index (κ3) is 5.05. The van der Waals surface area contributed by atoms with Gasteiger partial charge in [-0.2, -0.15) is 0 Å². The summed E-state index contributed by atoms with van der Waals surface area (Å²) in [4.78, 5) is 2.41. The van der Waals surface area contributed by atoms with Crippen LogP contribution in [0.2, 0.25) is 0 Å². The molecule has 0 unspecified atom stereocenters. The van der Waals surface area contributed by atoms with Crippen LogP contribution in [0.5, 0.6) is 0 Å².